The summed E-state index contributed by atoms with van der Waals surface area (Å²) in [4.78, 5) is 20.2. The summed E-state index contributed by atoms with van der Waals surface area (Å²) in [7, 11) is 0. The third-order valence-electron chi connectivity index (χ3n) is 4.51. The highest BCUT2D eigenvalue weighted by molar-refractivity contribution is 8.00. The van der Waals surface area contributed by atoms with Gasteiger partial charge in [0.1, 0.15) is 6.04 Å². The van der Waals surface area contributed by atoms with Gasteiger partial charge in [-0.25, -0.2) is 0 Å². The fraction of sp³-hybridized carbons (Fsp3) is 0.250. The van der Waals surface area contributed by atoms with Gasteiger partial charge < -0.3 is 9.42 Å². The molecule has 1 aliphatic heterocycles. The number of rotatable bonds is 5. The van der Waals surface area contributed by atoms with E-state index >= 15 is 0 Å². The molecule has 1 aliphatic rings. The zero-order chi connectivity index (χ0) is 18.6. The Morgan fingerprint density at radius 2 is 1.96 bits per heavy atom. The van der Waals surface area contributed by atoms with E-state index in [1.165, 1.54) is 0 Å². The Labute approximate surface area is 166 Å². The molecule has 138 valence electrons. The molecule has 1 atom stereocenters. The summed E-state index contributed by atoms with van der Waals surface area (Å²) in [6.07, 6.45) is 1.77. The predicted octanol–water partition coefficient (Wildman–Crippen LogP) is 4.85. The number of carbonyl (C=O) groups excluding carboxylic acids is 1. The Bertz CT molecular complexity index is 914. The molecule has 27 heavy (non-hydrogen) atoms. The number of thioether (sulfide) groups is 1. The van der Waals surface area contributed by atoms with E-state index in [4.69, 9.17) is 16.1 Å². The second kappa shape index (κ2) is 8.15. The first-order valence-corrected chi connectivity index (χ1v) is 10.1. The molecule has 5 nitrogen and oxygen atoms in total. The Hall–Kier alpha value is -2.31. The highest BCUT2D eigenvalue weighted by Crippen LogP contribution is 2.33. The molecule has 0 saturated carbocycles. The summed E-state index contributed by atoms with van der Waals surface area (Å²) >= 11 is 7.47. The summed E-state index contributed by atoms with van der Waals surface area (Å²) in [6, 6.07) is 17.1. The van der Waals surface area contributed by atoms with Crippen LogP contribution in [-0.4, -0.2) is 33.2 Å². The molecule has 2 aromatic carbocycles. The third-order valence-corrected chi connectivity index (χ3v) is 5.76. The van der Waals surface area contributed by atoms with Crippen molar-refractivity contribution in [3.8, 4) is 11.4 Å². The van der Waals surface area contributed by atoms with Crippen LogP contribution in [0.25, 0.3) is 11.4 Å². The van der Waals surface area contributed by atoms with Crippen LogP contribution in [0, 0.1) is 0 Å². The van der Waals surface area contributed by atoms with Gasteiger partial charge in [-0.05, 0) is 49.2 Å². The van der Waals surface area contributed by atoms with E-state index in [1.54, 1.807) is 23.9 Å². The fourth-order valence-corrected chi connectivity index (χ4v) is 4.08. The lowest BCUT2D eigenvalue weighted by Gasteiger charge is -2.21. The molecule has 1 amide bonds. The minimum atomic E-state index is -0.151. The molecular formula is C20H18ClN3O2S. The first kappa shape index (κ1) is 18.1. The average Bonchev–Trinajstić information content (AvgIpc) is 3.37. The van der Waals surface area contributed by atoms with E-state index in [1.807, 2.05) is 47.4 Å². The van der Waals surface area contributed by atoms with Crippen LogP contribution in [0.1, 0.15) is 24.8 Å². The monoisotopic (exact) mass is 399 g/mol. The number of nitrogens with zero attached hydrogens (tertiary/aromatic N) is 3. The predicted molar refractivity (Wildman–Crippen MR) is 106 cm³/mol. The van der Waals surface area contributed by atoms with E-state index in [0.717, 1.165) is 29.8 Å². The van der Waals surface area contributed by atoms with Crippen molar-refractivity contribution in [3.63, 3.8) is 0 Å². The third kappa shape index (κ3) is 4.17. The Balaban J connectivity index is 1.45. The Kier molecular flexibility index (Phi) is 5.45. The van der Waals surface area contributed by atoms with Gasteiger partial charge in [0.15, 0.2) is 0 Å². The number of carbonyl (C=O) groups is 1. The van der Waals surface area contributed by atoms with Crippen LogP contribution in [0.4, 0.5) is 0 Å². The molecular weight excluding hydrogens is 382 g/mol. The van der Waals surface area contributed by atoms with Crippen LogP contribution in [0.2, 0.25) is 5.02 Å². The van der Waals surface area contributed by atoms with Gasteiger partial charge >= 0.3 is 0 Å². The molecule has 0 spiro atoms. The minimum Gasteiger partial charge on any atom is -0.337 e. The number of hydrogen-bond acceptors (Lipinski definition) is 5. The van der Waals surface area contributed by atoms with Gasteiger partial charge in [-0.2, -0.15) is 4.98 Å². The van der Waals surface area contributed by atoms with Crippen LogP contribution in [0.3, 0.4) is 0 Å². The summed E-state index contributed by atoms with van der Waals surface area (Å²) in [6.45, 7) is 0.720. The van der Waals surface area contributed by atoms with Crippen molar-refractivity contribution in [3.05, 3.63) is 65.5 Å². The average molecular weight is 400 g/mol. The summed E-state index contributed by atoms with van der Waals surface area (Å²) in [5.74, 6) is 1.51. The smallest absolute Gasteiger partial charge is 0.249 e. The Morgan fingerprint density at radius 1 is 1.19 bits per heavy atom. The van der Waals surface area contributed by atoms with Crippen LogP contribution in [-0.2, 0) is 4.79 Å². The molecule has 1 saturated heterocycles. The van der Waals surface area contributed by atoms with Gasteiger partial charge in [-0.1, -0.05) is 35.0 Å². The molecule has 1 aromatic heterocycles. The van der Waals surface area contributed by atoms with Crippen LogP contribution in [0.15, 0.2) is 64.0 Å². The number of halogens is 1. The summed E-state index contributed by atoms with van der Waals surface area (Å²) < 4.78 is 5.48. The second-order valence-corrected chi connectivity index (χ2v) is 7.80. The maximum atomic E-state index is 12.7. The van der Waals surface area contributed by atoms with Crippen molar-refractivity contribution in [1.82, 2.24) is 15.0 Å². The molecule has 3 aromatic rings. The largest absolute Gasteiger partial charge is 0.337 e. The molecule has 0 N–H and O–H groups in total. The van der Waals surface area contributed by atoms with E-state index < -0.39 is 0 Å². The molecule has 7 heteroatoms. The standard InChI is InChI=1S/C20H18ClN3O2S/c21-15-10-8-14(9-11-15)19-22-20(26-23-19)17-7-4-12-24(17)18(25)13-27-16-5-2-1-3-6-16/h1-3,5-6,8-11,17H,4,7,12-13H2. The zero-order valence-electron chi connectivity index (χ0n) is 14.5. The molecule has 1 fully saturated rings. The molecule has 2 heterocycles. The minimum absolute atomic E-state index is 0.0950. The number of aromatic nitrogens is 2. The zero-order valence-corrected chi connectivity index (χ0v) is 16.1. The first-order chi connectivity index (χ1) is 13.2. The SMILES string of the molecule is O=C(CSc1ccccc1)N1CCCC1c1nc(-c2ccc(Cl)cc2)no1. The topological polar surface area (TPSA) is 59.2 Å². The number of hydrogen-bond donors (Lipinski definition) is 0. The van der Waals surface area contributed by atoms with Gasteiger partial charge in [0.2, 0.25) is 17.6 Å². The van der Waals surface area contributed by atoms with Crippen molar-refractivity contribution in [2.75, 3.05) is 12.3 Å². The van der Waals surface area contributed by atoms with Crippen molar-refractivity contribution in [2.24, 2.45) is 0 Å². The molecule has 1 unspecified atom stereocenters. The first-order valence-electron chi connectivity index (χ1n) is 8.77. The van der Waals surface area contributed by atoms with Crippen molar-refractivity contribution >= 4 is 29.3 Å². The van der Waals surface area contributed by atoms with Crippen LogP contribution in [0.5, 0.6) is 0 Å². The van der Waals surface area contributed by atoms with Gasteiger partial charge in [0.25, 0.3) is 0 Å². The number of benzene rings is 2. The second-order valence-electron chi connectivity index (χ2n) is 6.31. The van der Waals surface area contributed by atoms with Crippen LogP contribution >= 0.6 is 23.4 Å². The summed E-state index contributed by atoms with van der Waals surface area (Å²) in [5, 5.41) is 4.73. The normalized spacial score (nSPS) is 16.6. The number of likely N-dealkylation sites (tertiary alicyclic amines) is 1. The molecule has 0 bridgehead atoms. The van der Waals surface area contributed by atoms with Gasteiger partial charge in [0, 0.05) is 22.0 Å². The van der Waals surface area contributed by atoms with Gasteiger partial charge in [0.05, 0.1) is 5.75 Å². The van der Waals surface area contributed by atoms with Gasteiger partial charge in [-0.15, -0.1) is 11.8 Å². The fourth-order valence-electron chi connectivity index (χ4n) is 3.15. The Morgan fingerprint density at radius 3 is 2.74 bits per heavy atom. The van der Waals surface area contributed by atoms with E-state index in [9.17, 15) is 4.79 Å². The lowest BCUT2D eigenvalue weighted by atomic mass is 10.2. The maximum absolute atomic E-state index is 12.7. The van der Waals surface area contributed by atoms with Crippen molar-refractivity contribution in [2.45, 2.75) is 23.8 Å². The van der Waals surface area contributed by atoms with Crippen molar-refractivity contribution in [1.29, 1.82) is 0 Å². The van der Waals surface area contributed by atoms with E-state index in [0.29, 0.717) is 22.5 Å². The molecule has 0 aliphatic carbocycles. The highest BCUT2D eigenvalue weighted by atomic mass is 35.5. The van der Waals surface area contributed by atoms with E-state index in [-0.39, 0.29) is 11.9 Å². The van der Waals surface area contributed by atoms with Crippen LogP contribution < -0.4 is 0 Å². The number of amides is 1. The van der Waals surface area contributed by atoms with E-state index in [2.05, 4.69) is 10.1 Å². The van der Waals surface area contributed by atoms with Gasteiger partial charge in [-0.3, -0.25) is 4.79 Å². The highest BCUT2D eigenvalue weighted by Gasteiger charge is 2.34. The maximum Gasteiger partial charge on any atom is 0.249 e. The molecule has 4 rings (SSSR count). The van der Waals surface area contributed by atoms with Crippen molar-refractivity contribution < 1.29 is 9.32 Å². The molecule has 0 radical (unpaired) electrons. The quantitative estimate of drug-likeness (QED) is 0.574. The lowest BCUT2D eigenvalue weighted by Crippen LogP contribution is -2.32. The lowest BCUT2D eigenvalue weighted by molar-refractivity contribution is -0.129. The summed E-state index contributed by atoms with van der Waals surface area (Å²) in [5.41, 5.74) is 0.838.